The van der Waals surface area contributed by atoms with Crippen LogP contribution in [-0.4, -0.2) is 50.0 Å². The molecule has 7 nitrogen and oxygen atoms in total. The number of rotatable bonds is 3. The lowest BCUT2D eigenvalue weighted by molar-refractivity contribution is 0.0598. The number of pyridine rings is 1. The first-order valence-electron chi connectivity index (χ1n) is 11.4. The van der Waals surface area contributed by atoms with Crippen LogP contribution in [-0.2, 0) is 0 Å². The Hall–Kier alpha value is -2.96. The molecule has 31 heavy (non-hydrogen) atoms. The topological polar surface area (TPSA) is 66.6 Å². The molecule has 162 valence electrons. The van der Waals surface area contributed by atoms with E-state index in [9.17, 15) is 4.79 Å². The maximum atomic E-state index is 13.3. The van der Waals surface area contributed by atoms with E-state index in [0.29, 0.717) is 11.6 Å². The van der Waals surface area contributed by atoms with Gasteiger partial charge in [0.2, 0.25) is 0 Å². The van der Waals surface area contributed by atoms with Crippen LogP contribution in [0.1, 0.15) is 66.0 Å². The summed E-state index contributed by atoms with van der Waals surface area (Å²) in [5.41, 5.74) is 4.35. The van der Waals surface area contributed by atoms with Gasteiger partial charge in [-0.2, -0.15) is 5.10 Å². The lowest BCUT2D eigenvalue weighted by atomic mass is 9.98. The van der Waals surface area contributed by atoms with Crippen LogP contribution in [0.5, 0.6) is 0 Å². The zero-order chi connectivity index (χ0) is 21.5. The molecule has 3 aromatic rings. The molecule has 2 aliphatic heterocycles. The SMILES string of the molecule is Cc1cccnc1C(=O)N1CCCC[C@H]1c1cc2nc(N3CC[C@H](C)C3)c(C)cn2n1. The van der Waals surface area contributed by atoms with Crippen molar-refractivity contribution in [2.75, 3.05) is 24.5 Å². The molecule has 2 fully saturated rings. The van der Waals surface area contributed by atoms with Gasteiger partial charge >= 0.3 is 0 Å². The quantitative estimate of drug-likeness (QED) is 0.644. The number of aromatic nitrogens is 4. The van der Waals surface area contributed by atoms with Gasteiger partial charge in [-0.25, -0.2) is 9.50 Å². The molecular formula is C24H30N6O. The summed E-state index contributed by atoms with van der Waals surface area (Å²) in [6.07, 6.45) is 7.99. The molecule has 0 bridgehead atoms. The number of aryl methyl sites for hydroxylation is 2. The summed E-state index contributed by atoms with van der Waals surface area (Å²) >= 11 is 0. The summed E-state index contributed by atoms with van der Waals surface area (Å²) in [6, 6.07) is 5.83. The van der Waals surface area contributed by atoms with Crippen LogP contribution in [0.2, 0.25) is 0 Å². The fraction of sp³-hybridized carbons (Fsp3) is 0.500. The van der Waals surface area contributed by atoms with Crippen molar-refractivity contribution in [3.8, 4) is 0 Å². The number of carbonyl (C=O) groups excluding carboxylic acids is 1. The largest absolute Gasteiger partial charge is 0.356 e. The number of amides is 1. The molecule has 2 atom stereocenters. The Labute approximate surface area is 183 Å². The van der Waals surface area contributed by atoms with Gasteiger partial charge in [0, 0.05) is 43.7 Å². The molecule has 7 heteroatoms. The van der Waals surface area contributed by atoms with E-state index in [4.69, 9.17) is 10.1 Å². The molecule has 0 N–H and O–H groups in total. The second-order valence-electron chi connectivity index (χ2n) is 9.14. The van der Waals surface area contributed by atoms with Crippen molar-refractivity contribution in [2.24, 2.45) is 5.92 Å². The summed E-state index contributed by atoms with van der Waals surface area (Å²) in [6.45, 7) is 9.18. The molecule has 2 aliphatic rings. The Balaban J connectivity index is 1.48. The number of hydrogen-bond acceptors (Lipinski definition) is 5. The van der Waals surface area contributed by atoms with Gasteiger partial charge in [-0.3, -0.25) is 9.78 Å². The Kier molecular flexibility index (Phi) is 5.12. The molecule has 5 heterocycles. The van der Waals surface area contributed by atoms with Crippen LogP contribution in [0, 0.1) is 19.8 Å². The van der Waals surface area contributed by atoms with Crippen molar-refractivity contribution in [1.82, 2.24) is 24.5 Å². The van der Waals surface area contributed by atoms with E-state index < -0.39 is 0 Å². The van der Waals surface area contributed by atoms with Crippen molar-refractivity contribution in [3.63, 3.8) is 0 Å². The van der Waals surface area contributed by atoms with Crippen molar-refractivity contribution in [1.29, 1.82) is 0 Å². The lowest BCUT2D eigenvalue weighted by Gasteiger charge is -2.34. The Morgan fingerprint density at radius 2 is 2.00 bits per heavy atom. The number of nitrogens with zero attached hydrogens (tertiary/aromatic N) is 6. The van der Waals surface area contributed by atoms with Gasteiger partial charge in [0.1, 0.15) is 11.5 Å². The van der Waals surface area contributed by atoms with Crippen molar-refractivity contribution >= 4 is 17.4 Å². The highest BCUT2D eigenvalue weighted by Gasteiger charge is 2.32. The van der Waals surface area contributed by atoms with Crippen LogP contribution in [0.3, 0.4) is 0 Å². The molecule has 0 aromatic carbocycles. The summed E-state index contributed by atoms with van der Waals surface area (Å²) < 4.78 is 1.87. The van der Waals surface area contributed by atoms with Crippen LogP contribution < -0.4 is 4.90 Å². The highest BCUT2D eigenvalue weighted by atomic mass is 16.2. The second kappa shape index (κ2) is 7.94. The van der Waals surface area contributed by atoms with Crippen molar-refractivity contribution in [3.05, 3.63) is 53.1 Å². The Bertz CT molecular complexity index is 1120. The number of anilines is 1. The zero-order valence-electron chi connectivity index (χ0n) is 18.6. The number of likely N-dealkylation sites (tertiary alicyclic amines) is 1. The molecule has 0 aliphatic carbocycles. The summed E-state index contributed by atoms with van der Waals surface area (Å²) in [5.74, 6) is 1.76. The molecule has 1 amide bonds. The minimum absolute atomic E-state index is 0.00395. The minimum atomic E-state index is -0.0417. The van der Waals surface area contributed by atoms with Gasteiger partial charge in [-0.15, -0.1) is 0 Å². The molecular weight excluding hydrogens is 388 g/mol. The van der Waals surface area contributed by atoms with Crippen LogP contribution in [0.15, 0.2) is 30.6 Å². The predicted octanol–water partition coefficient (Wildman–Crippen LogP) is 3.95. The molecule has 0 saturated carbocycles. The van der Waals surface area contributed by atoms with Crippen molar-refractivity contribution < 1.29 is 4.79 Å². The number of carbonyl (C=O) groups is 1. The Morgan fingerprint density at radius 1 is 1.13 bits per heavy atom. The highest BCUT2D eigenvalue weighted by molar-refractivity contribution is 5.94. The predicted molar refractivity (Wildman–Crippen MR) is 120 cm³/mol. The number of hydrogen-bond donors (Lipinski definition) is 0. The van der Waals surface area contributed by atoms with Gasteiger partial charge in [0.05, 0.1) is 11.7 Å². The molecule has 5 rings (SSSR count). The van der Waals surface area contributed by atoms with E-state index in [1.165, 1.54) is 6.42 Å². The maximum absolute atomic E-state index is 13.3. The van der Waals surface area contributed by atoms with E-state index in [0.717, 1.165) is 67.2 Å². The molecule has 3 aromatic heterocycles. The zero-order valence-corrected chi connectivity index (χ0v) is 18.6. The smallest absolute Gasteiger partial charge is 0.273 e. The third-order valence-corrected chi connectivity index (χ3v) is 6.66. The first kappa shape index (κ1) is 20.0. The molecule has 2 saturated heterocycles. The summed E-state index contributed by atoms with van der Waals surface area (Å²) in [7, 11) is 0. The maximum Gasteiger partial charge on any atom is 0.273 e. The van der Waals surface area contributed by atoms with E-state index in [1.54, 1.807) is 6.20 Å². The second-order valence-corrected chi connectivity index (χ2v) is 9.14. The molecule has 0 spiro atoms. The lowest BCUT2D eigenvalue weighted by Crippen LogP contribution is -2.39. The first-order chi connectivity index (χ1) is 15.0. The summed E-state index contributed by atoms with van der Waals surface area (Å²) in [5, 5.41) is 4.85. The average Bonchev–Trinajstić information content (AvgIpc) is 3.38. The standard InChI is InChI=1S/C24H30N6O/c1-16-9-12-28(14-16)23-18(3)15-30-21(26-23)13-19(27-30)20-8-4-5-11-29(20)24(31)22-17(2)7-6-10-25-22/h6-7,10,13,15-16,20H,4-5,8-9,11-12,14H2,1-3H3/t16-,20-/m0/s1. The third-order valence-electron chi connectivity index (χ3n) is 6.66. The van der Waals surface area contributed by atoms with Crippen LogP contribution >= 0.6 is 0 Å². The molecule has 0 unspecified atom stereocenters. The van der Waals surface area contributed by atoms with E-state index in [2.05, 4.69) is 36.0 Å². The van der Waals surface area contributed by atoms with E-state index in [-0.39, 0.29) is 11.9 Å². The van der Waals surface area contributed by atoms with Gasteiger partial charge in [0.15, 0.2) is 5.65 Å². The van der Waals surface area contributed by atoms with Crippen LogP contribution in [0.4, 0.5) is 5.82 Å². The summed E-state index contributed by atoms with van der Waals surface area (Å²) in [4.78, 5) is 27.0. The highest BCUT2D eigenvalue weighted by Crippen LogP contribution is 2.33. The van der Waals surface area contributed by atoms with E-state index >= 15 is 0 Å². The minimum Gasteiger partial charge on any atom is -0.356 e. The third kappa shape index (κ3) is 3.66. The van der Waals surface area contributed by atoms with Crippen molar-refractivity contribution in [2.45, 2.75) is 52.5 Å². The van der Waals surface area contributed by atoms with Gasteiger partial charge in [-0.1, -0.05) is 13.0 Å². The number of fused-ring (bicyclic) bond motifs is 1. The monoisotopic (exact) mass is 418 g/mol. The van der Waals surface area contributed by atoms with E-state index in [1.807, 2.05) is 28.5 Å². The van der Waals surface area contributed by atoms with Gasteiger partial charge < -0.3 is 9.80 Å². The number of piperidine rings is 1. The fourth-order valence-corrected chi connectivity index (χ4v) is 4.96. The Morgan fingerprint density at radius 3 is 2.77 bits per heavy atom. The first-order valence-corrected chi connectivity index (χ1v) is 11.4. The van der Waals surface area contributed by atoms with Gasteiger partial charge in [-0.05, 0) is 57.1 Å². The molecule has 0 radical (unpaired) electrons. The van der Waals surface area contributed by atoms with Crippen LogP contribution in [0.25, 0.3) is 5.65 Å². The van der Waals surface area contributed by atoms with Gasteiger partial charge in [0.25, 0.3) is 5.91 Å². The average molecular weight is 419 g/mol. The normalized spacial score (nSPS) is 21.8. The fourth-order valence-electron chi connectivity index (χ4n) is 4.96.